The number of aliphatic imine (C=N–C) groups is 1. The first-order chi connectivity index (χ1) is 15.2. The summed E-state index contributed by atoms with van der Waals surface area (Å²) in [4.78, 5) is 12.1. The Bertz CT molecular complexity index is 1280. The predicted molar refractivity (Wildman–Crippen MR) is 128 cm³/mol. The summed E-state index contributed by atoms with van der Waals surface area (Å²) in [6.45, 7) is 4.35. The lowest BCUT2D eigenvalue weighted by Crippen LogP contribution is -2.26. The number of aryl methyl sites for hydroxylation is 1. The fourth-order valence-corrected chi connectivity index (χ4v) is 4.70. The lowest BCUT2D eigenvalue weighted by Gasteiger charge is -2.23. The van der Waals surface area contributed by atoms with Gasteiger partial charge in [0, 0.05) is 33.6 Å². The molecular weight excluding hydrogens is 386 g/mol. The maximum absolute atomic E-state index is 5.46. The van der Waals surface area contributed by atoms with Crippen LogP contribution in [0.3, 0.4) is 0 Å². The minimum absolute atomic E-state index is 0.475. The zero-order valence-corrected chi connectivity index (χ0v) is 17.9. The standard InChI is InChI=1S/C25H27N5O/c1-15-9-20-21-10-17(16-5-7-27-8-6-16)3-4-22(21)30-23(20)12-19(15)18-11-24(31-2)25(28-13-18)29-14-26/h3-4,9-14,16,27,30H,5-8H2,1-2H3,(H2,26,28,29). The summed E-state index contributed by atoms with van der Waals surface area (Å²) in [7, 11) is 1.62. The molecule has 6 nitrogen and oxygen atoms in total. The van der Waals surface area contributed by atoms with Crippen LogP contribution in [0.15, 0.2) is 47.6 Å². The number of nitrogens with zero attached hydrogens (tertiary/aromatic N) is 2. The average molecular weight is 414 g/mol. The van der Waals surface area contributed by atoms with Gasteiger partial charge in [0.1, 0.15) is 0 Å². The Balaban J connectivity index is 1.60. The molecule has 5 rings (SSSR count). The van der Waals surface area contributed by atoms with Gasteiger partial charge in [-0.25, -0.2) is 9.98 Å². The third-order valence-corrected chi connectivity index (χ3v) is 6.34. The molecule has 1 aliphatic rings. The van der Waals surface area contributed by atoms with Crippen molar-refractivity contribution in [3.63, 3.8) is 0 Å². The molecule has 0 amide bonds. The van der Waals surface area contributed by atoms with E-state index in [1.165, 1.54) is 46.6 Å². The monoisotopic (exact) mass is 413 g/mol. The van der Waals surface area contributed by atoms with Crippen LogP contribution in [-0.4, -0.2) is 36.5 Å². The fourth-order valence-electron chi connectivity index (χ4n) is 4.70. The van der Waals surface area contributed by atoms with Crippen molar-refractivity contribution in [3.8, 4) is 16.9 Å². The summed E-state index contributed by atoms with van der Waals surface area (Å²) in [5, 5.41) is 6.02. The van der Waals surface area contributed by atoms with Gasteiger partial charge in [-0.2, -0.15) is 0 Å². The second-order valence-electron chi connectivity index (χ2n) is 8.20. The van der Waals surface area contributed by atoms with Crippen molar-refractivity contribution in [2.45, 2.75) is 25.7 Å². The van der Waals surface area contributed by atoms with Crippen molar-refractivity contribution in [3.05, 3.63) is 53.7 Å². The number of aromatic nitrogens is 2. The summed E-state index contributed by atoms with van der Waals surface area (Å²) < 4.78 is 5.46. The maximum atomic E-state index is 5.46. The van der Waals surface area contributed by atoms with Gasteiger partial charge in [0.05, 0.1) is 13.4 Å². The van der Waals surface area contributed by atoms with Crippen molar-refractivity contribution < 1.29 is 4.74 Å². The molecule has 1 fully saturated rings. The summed E-state index contributed by atoms with van der Waals surface area (Å²) in [5.41, 5.74) is 12.5. The van der Waals surface area contributed by atoms with Crippen LogP contribution >= 0.6 is 0 Å². The first-order valence-electron chi connectivity index (χ1n) is 10.7. The van der Waals surface area contributed by atoms with Crippen LogP contribution in [0.4, 0.5) is 5.82 Å². The second kappa shape index (κ2) is 8.04. The second-order valence-corrected chi connectivity index (χ2v) is 8.20. The number of rotatable bonds is 4. The van der Waals surface area contributed by atoms with E-state index in [2.05, 4.69) is 57.5 Å². The van der Waals surface area contributed by atoms with Crippen molar-refractivity contribution in [2.75, 3.05) is 20.2 Å². The number of piperidine rings is 1. The summed E-state index contributed by atoms with van der Waals surface area (Å²) in [6, 6.07) is 13.3. The number of methoxy groups -OCH3 is 1. The molecule has 2 aromatic heterocycles. The summed E-state index contributed by atoms with van der Waals surface area (Å²) in [6.07, 6.45) is 5.45. The summed E-state index contributed by atoms with van der Waals surface area (Å²) in [5.74, 6) is 1.72. The number of nitrogens with one attached hydrogen (secondary N) is 2. The third-order valence-electron chi connectivity index (χ3n) is 6.34. The van der Waals surface area contributed by atoms with Crippen LogP contribution in [0, 0.1) is 6.92 Å². The molecular formula is C25H27N5O. The molecule has 0 bridgehead atoms. The highest BCUT2D eigenvalue weighted by molar-refractivity contribution is 6.09. The molecule has 158 valence electrons. The Labute approximate surface area is 181 Å². The molecule has 0 saturated carbocycles. The topological polar surface area (TPSA) is 88.3 Å². The molecule has 1 saturated heterocycles. The quantitative estimate of drug-likeness (QED) is 0.332. The van der Waals surface area contributed by atoms with Crippen molar-refractivity contribution in [2.24, 2.45) is 10.7 Å². The minimum Gasteiger partial charge on any atom is -0.493 e. The highest BCUT2D eigenvalue weighted by atomic mass is 16.5. The van der Waals surface area contributed by atoms with E-state index in [0.29, 0.717) is 17.5 Å². The van der Waals surface area contributed by atoms with Crippen molar-refractivity contribution >= 4 is 34.0 Å². The molecule has 4 N–H and O–H groups in total. The van der Waals surface area contributed by atoms with Gasteiger partial charge in [-0.1, -0.05) is 6.07 Å². The van der Waals surface area contributed by atoms with E-state index in [-0.39, 0.29) is 0 Å². The Morgan fingerprint density at radius 3 is 2.68 bits per heavy atom. The van der Waals surface area contributed by atoms with Gasteiger partial charge in [0.15, 0.2) is 11.6 Å². The number of benzene rings is 2. The Morgan fingerprint density at radius 2 is 1.90 bits per heavy atom. The molecule has 0 atom stereocenters. The molecule has 4 aromatic rings. The van der Waals surface area contributed by atoms with Gasteiger partial charge in [-0.15, -0.1) is 0 Å². The molecule has 0 unspecified atom stereocenters. The molecule has 6 heteroatoms. The molecule has 1 aliphatic heterocycles. The Morgan fingerprint density at radius 1 is 1.10 bits per heavy atom. The fraction of sp³-hybridized carbons (Fsp3) is 0.280. The third kappa shape index (κ3) is 3.53. The Kier molecular flexibility index (Phi) is 5.08. The lowest BCUT2D eigenvalue weighted by atomic mass is 9.89. The van der Waals surface area contributed by atoms with Crippen LogP contribution in [0.25, 0.3) is 32.9 Å². The van der Waals surface area contributed by atoms with Gasteiger partial charge >= 0.3 is 0 Å². The van der Waals surface area contributed by atoms with E-state index in [0.717, 1.165) is 29.7 Å². The first kappa shape index (κ1) is 19.6. The summed E-state index contributed by atoms with van der Waals surface area (Å²) >= 11 is 0. The normalized spacial score (nSPS) is 15.3. The van der Waals surface area contributed by atoms with E-state index < -0.39 is 0 Å². The minimum atomic E-state index is 0.475. The van der Waals surface area contributed by atoms with Crippen LogP contribution in [0.5, 0.6) is 5.75 Å². The largest absolute Gasteiger partial charge is 0.493 e. The maximum Gasteiger partial charge on any atom is 0.196 e. The highest BCUT2D eigenvalue weighted by Crippen LogP contribution is 2.37. The number of H-pyrrole nitrogens is 1. The van der Waals surface area contributed by atoms with Crippen molar-refractivity contribution in [1.29, 1.82) is 0 Å². The van der Waals surface area contributed by atoms with E-state index >= 15 is 0 Å². The van der Waals surface area contributed by atoms with Crippen LogP contribution in [0.2, 0.25) is 0 Å². The van der Waals surface area contributed by atoms with Gasteiger partial charge in [-0.05, 0) is 85.8 Å². The number of aromatic amines is 1. The van der Waals surface area contributed by atoms with Gasteiger partial charge < -0.3 is 20.8 Å². The zero-order valence-electron chi connectivity index (χ0n) is 17.9. The zero-order chi connectivity index (χ0) is 21.4. The number of hydrogen-bond acceptors (Lipinski definition) is 4. The Hall–Kier alpha value is -3.38. The molecule has 0 spiro atoms. The number of pyridine rings is 1. The number of ether oxygens (including phenoxy) is 1. The van der Waals surface area contributed by atoms with Gasteiger partial charge in [0.25, 0.3) is 0 Å². The van der Waals surface area contributed by atoms with E-state index in [1.807, 2.05) is 12.3 Å². The number of fused-ring (bicyclic) bond motifs is 3. The average Bonchev–Trinajstić information content (AvgIpc) is 3.16. The molecule has 3 heterocycles. The molecule has 2 aromatic carbocycles. The first-order valence-corrected chi connectivity index (χ1v) is 10.7. The SMILES string of the molecule is COc1cc(-c2cc3[nH]c4ccc(C5CCNCC5)cc4c3cc2C)cnc1N=CN. The highest BCUT2D eigenvalue weighted by Gasteiger charge is 2.17. The number of hydrogen-bond donors (Lipinski definition) is 3. The molecule has 0 radical (unpaired) electrons. The van der Waals surface area contributed by atoms with E-state index in [9.17, 15) is 0 Å². The van der Waals surface area contributed by atoms with Gasteiger partial charge in [-0.3, -0.25) is 0 Å². The molecule has 31 heavy (non-hydrogen) atoms. The smallest absolute Gasteiger partial charge is 0.196 e. The van der Waals surface area contributed by atoms with Crippen LogP contribution in [0.1, 0.15) is 29.9 Å². The number of nitrogens with two attached hydrogens (primary N) is 1. The van der Waals surface area contributed by atoms with Gasteiger partial charge in [0.2, 0.25) is 0 Å². The van der Waals surface area contributed by atoms with E-state index in [1.54, 1.807) is 7.11 Å². The van der Waals surface area contributed by atoms with E-state index in [4.69, 9.17) is 10.5 Å². The van der Waals surface area contributed by atoms with Crippen LogP contribution < -0.4 is 15.8 Å². The lowest BCUT2D eigenvalue weighted by molar-refractivity contribution is 0.415. The van der Waals surface area contributed by atoms with Crippen LogP contribution in [-0.2, 0) is 0 Å². The molecule has 0 aliphatic carbocycles. The van der Waals surface area contributed by atoms with Crippen molar-refractivity contribution in [1.82, 2.24) is 15.3 Å². The predicted octanol–water partition coefficient (Wildman–Crippen LogP) is 4.79.